The van der Waals surface area contributed by atoms with E-state index in [0.717, 1.165) is 22.9 Å². The molecule has 0 aromatic heterocycles. The lowest BCUT2D eigenvalue weighted by molar-refractivity contribution is 0.260. The predicted octanol–water partition coefficient (Wildman–Crippen LogP) is 3.66. The number of rotatable bonds is 1. The molecule has 0 aliphatic carbocycles. The second kappa shape index (κ2) is 3.85. The van der Waals surface area contributed by atoms with Crippen molar-refractivity contribution in [1.82, 2.24) is 0 Å². The minimum atomic E-state index is -0.0832. The number of benzene rings is 2. The second-order valence-electron chi connectivity index (χ2n) is 4.36. The molecule has 0 amide bonds. The molecule has 2 aliphatic rings. The molecule has 0 saturated heterocycles. The highest BCUT2D eigenvalue weighted by molar-refractivity contribution is 7.99. The molecule has 90 valence electrons. The predicted molar refractivity (Wildman–Crippen MR) is 74.2 cm³/mol. The number of hydrogen-bond acceptors (Lipinski definition) is 4. The summed E-state index contributed by atoms with van der Waals surface area (Å²) in [5.74, 6) is 1.88. The Bertz CT molecular complexity index is 589. The van der Waals surface area contributed by atoms with Gasteiger partial charge in [-0.1, -0.05) is 18.2 Å². The van der Waals surface area contributed by atoms with Gasteiger partial charge in [0.15, 0.2) is 6.23 Å². The van der Waals surface area contributed by atoms with Crippen molar-refractivity contribution in [1.29, 1.82) is 0 Å². The van der Waals surface area contributed by atoms with Crippen molar-refractivity contribution in [3.05, 3.63) is 48.0 Å². The van der Waals surface area contributed by atoms with E-state index in [1.54, 1.807) is 0 Å². The van der Waals surface area contributed by atoms with Crippen LogP contribution in [0.5, 0.6) is 5.75 Å². The average molecular weight is 256 g/mol. The van der Waals surface area contributed by atoms with Crippen molar-refractivity contribution in [3.63, 3.8) is 0 Å². The first-order valence-corrected chi connectivity index (χ1v) is 6.91. The van der Waals surface area contributed by atoms with E-state index in [-0.39, 0.29) is 6.23 Å². The molecule has 0 spiro atoms. The van der Waals surface area contributed by atoms with Crippen molar-refractivity contribution in [3.8, 4) is 5.75 Å². The van der Waals surface area contributed by atoms with E-state index in [4.69, 9.17) is 4.74 Å². The summed E-state index contributed by atoms with van der Waals surface area (Å²) in [6.45, 7) is 0. The Morgan fingerprint density at radius 3 is 3.00 bits per heavy atom. The van der Waals surface area contributed by atoms with Gasteiger partial charge in [-0.05, 0) is 24.3 Å². The molecule has 2 heterocycles. The zero-order valence-electron chi connectivity index (χ0n) is 9.64. The van der Waals surface area contributed by atoms with Crippen molar-refractivity contribution in [2.45, 2.75) is 11.1 Å². The quantitative estimate of drug-likeness (QED) is 0.815. The van der Waals surface area contributed by atoms with E-state index in [1.807, 2.05) is 36.0 Å². The SMILES string of the molecule is c1ccc2c(c1)NC(c1ccc3c(c1)NCS3)O2. The summed E-state index contributed by atoms with van der Waals surface area (Å²) < 4.78 is 5.91. The summed E-state index contributed by atoms with van der Waals surface area (Å²) in [7, 11) is 0. The van der Waals surface area contributed by atoms with E-state index >= 15 is 0 Å². The maximum absolute atomic E-state index is 5.91. The van der Waals surface area contributed by atoms with Gasteiger partial charge < -0.3 is 15.4 Å². The van der Waals surface area contributed by atoms with E-state index < -0.39 is 0 Å². The molecule has 2 N–H and O–H groups in total. The average Bonchev–Trinajstić information content (AvgIpc) is 3.04. The minimum Gasteiger partial charge on any atom is -0.464 e. The van der Waals surface area contributed by atoms with Gasteiger partial charge in [-0.15, -0.1) is 11.8 Å². The number of para-hydroxylation sites is 2. The first-order valence-electron chi connectivity index (χ1n) is 5.93. The zero-order valence-corrected chi connectivity index (χ0v) is 10.5. The third kappa shape index (κ3) is 1.53. The lowest BCUT2D eigenvalue weighted by Gasteiger charge is -2.12. The fourth-order valence-electron chi connectivity index (χ4n) is 2.30. The van der Waals surface area contributed by atoms with E-state index in [1.165, 1.54) is 10.6 Å². The van der Waals surface area contributed by atoms with Crippen LogP contribution >= 0.6 is 11.8 Å². The van der Waals surface area contributed by atoms with E-state index in [9.17, 15) is 0 Å². The molecule has 0 radical (unpaired) electrons. The Morgan fingerprint density at radius 1 is 1.11 bits per heavy atom. The summed E-state index contributed by atoms with van der Waals surface area (Å²) in [6.07, 6.45) is -0.0832. The highest BCUT2D eigenvalue weighted by atomic mass is 32.2. The highest BCUT2D eigenvalue weighted by Gasteiger charge is 2.24. The number of ether oxygens (including phenoxy) is 1. The molecule has 3 nitrogen and oxygen atoms in total. The number of fused-ring (bicyclic) bond motifs is 2. The monoisotopic (exact) mass is 256 g/mol. The van der Waals surface area contributed by atoms with Gasteiger partial charge in [-0.25, -0.2) is 0 Å². The first-order chi connectivity index (χ1) is 8.90. The van der Waals surface area contributed by atoms with Gasteiger partial charge in [0.05, 0.1) is 11.6 Å². The minimum absolute atomic E-state index is 0.0832. The van der Waals surface area contributed by atoms with Crippen LogP contribution in [0.1, 0.15) is 11.8 Å². The van der Waals surface area contributed by atoms with Crippen molar-refractivity contribution in [2.24, 2.45) is 0 Å². The Morgan fingerprint density at radius 2 is 2.06 bits per heavy atom. The molecule has 0 bridgehead atoms. The Labute approximate surface area is 110 Å². The van der Waals surface area contributed by atoms with Crippen LogP contribution in [0.25, 0.3) is 0 Å². The molecule has 4 heteroatoms. The largest absolute Gasteiger partial charge is 0.464 e. The third-order valence-electron chi connectivity index (χ3n) is 3.22. The van der Waals surface area contributed by atoms with Gasteiger partial charge in [0.25, 0.3) is 0 Å². The molecule has 18 heavy (non-hydrogen) atoms. The highest BCUT2D eigenvalue weighted by Crippen LogP contribution is 2.40. The summed E-state index contributed by atoms with van der Waals surface area (Å²) in [5.41, 5.74) is 3.42. The van der Waals surface area contributed by atoms with Crippen LogP contribution in [0.2, 0.25) is 0 Å². The standard InChI is InChI=1S/C14H12N2OS/c1-2-4-12-10(3-1)16-14(17-12)9-5-6-13-11(7-9)15-8-18-13/h1-7,14-16H,8H2. The molecular weight excluding hydrogens is 244 g/mol. The number of thioether (sulfide) groups is 1. The molecule has 0 saturated carbocycles. The van der Waals surface area contributed by atoms with Crippen LogP contribution < -0.4 is 15.4 Å². The van der Waals surface area contributed by atoms with Gasteiger partial charge in [0.2, 0.25) is 0 Å². The molecule has 4 rings (SSSR count). The Kier molecular flexibility index (Phi) is 2.17. The van der Waals surface area contributed by atoms with Crippen LogP contribution in [-0.4, -0.2) is 5.88 Å². The van der Waals surface area contributed by atoms with Crippen molar-refractivity contribution >= 4 is 23.1 Å². The summed E-state index contributed by atoms with van der Waals surface area (Å²) in [6, 6.07) is 14.5. The van der Waals surface area contributed by atoms with Crippen LogP contribution in [0.3, 0.4) is 0 Å². The molecule has 2 aliphatic heterocycles. The van der Waals surface area contributed by atoms with Gasteiger partial charge in [0.1, 0.15) is 5.75 Å². The van der Waals surface area contributed by atoms with E-state index in [0.29, 0.717) is 0 Å². The van der Waals surface area contributed by atoms with Crippen molar-refractivity contribution in [2.75, 3.05) is 16.5 Å². The maximum atomic E-state index is 5.91. The number of hydrogen-bond donors (Lipinski definition) is 2. The summed E-state index contributed by atoms with van der Waals surface area (Å²) >= 11 is 1.83. The van der Waals surface area contributed by atoms with Crippen LogP contribution in [0.4, 0.5) is 11.4 Å². The Hall–Kier alpha value is -1.81. The fourth-order valence-corrected chi connectivity index (χ4v) is 3.14. The molecular formula is C14H12N2OS. The third-order valence-corrected chi connectivity index (χ3v) is 4.17. The normalized spacial score (nSPS) is 19.4. The topological polar surface area (TPSA) is 33.3 Å². The summed E-state index contributed by atoms with van der Waals surface area (Å²) in [4.78, 5) is 1.31. The molecule has 1 unspecified atom stereocenters. The summed E-state index contributed by atoms with van der Waals surface area (Å²) in [5, 5.41) is 6.75. The van der Waals surface area contributed by atoms with Crippen LogP contribution in [0.15, 0.2) is 47.4 Å². The molecule has 0 fully saturated rings. The Balaban J connectivity index is 1.66. The fraction of sp³-hybridized carbons (Fsp3) is 0.143. The van der Waals surface area contributed by atoms with Gasteiger partial charge in [0, 0.05) is 16.1 Å². The lowest BCUT2D eigenvalue weighted by Crippen LogP contribution is -2.10. The van der Waals surface area contributed by atoms with Gasteiger partial charge in [-0.2, -0.15) is 0 Å². The van der Waals surface area contributed by atoms with Crippen LogP contribution in [-0.2, 0) is 0 Å². The molecule has 2 aromatic carbocycles. The van der Waals surface area contributed by atoms with Crippen LogP contribution in [0, 0.1) is 0 Å². The zero-order chi connectivity index (χ0) is 11.9. The van der Waals surface area contributed by atoms with Gasteiger partial charge in [-0.3, -0.25) is 0 Å². The smallest absolute Gasteiger partial charge is 0.196 e. The van der Waals surface area contributed by atoms with Gasteiger partial charge >= 0.3 is 0 Å². The first kappa shape index (κ1) is 10.1. The maximum Gasteiger partial charge on any atom is 0.196 e. The second-order valence-corrected chi connectivity index (χ2v) is 5.38. The number of nitrogens with one attached hydrogen (secondary N) is 2. The molecule has 1 atom stereocenters. The molecule has 2 aromatic rings. The number of anilines is 2. The lowest BCUT2D eigenvalue weighted by atomic mass is 10.1. The van der Waals surface area contributed by atoms with E-state index in [2.05, 4.69) is 28.8 Å². The van der Waals surface area contributed by atoms with Crippen molar-refractivity contribution < 1.29 is 4.74 Å².